The predicted molar refractivity (Wildman–Crippen MR) is 63.4 cm³/mol. The molecule has 2 heterocycles. The fraction of sp³-hybridized carbons (Fsp3) is 1.00. The van der Waals surface area contributed by atoms with Gasteiger partial charge in [-0.1, -0.05) is 0 Å². The summed E-state index contributed by atoms with van der Waals surface area (Å²) in [6.07, 6.45) is 1.26. The summed E-state index contributed by atoms with van der Waals surface area (Å²) in [5, 5.41) is 0. The van der Waals surface area contributed by atoms with Crippen LogP contribution in [0.1, 0.15) is 27.2 Å². The van der Waals surface area contributed by atoms with Crippen molar-refractivity contribution in [3.63, 3.8) is 0 Å². The second-order valence-corrected chi connectivity index (χ2v) is 6.02. The van der Waals surface area contributed by atoms with E-state index in [4.69, 9.17) is 15.2 Å². The van der Waals surface area contributed by atoms with E-state index in [1.54, 1.807) is 0 Å². The minimum atomic E-state index is -0.146. The van der Waals surface area contributed by atoms with Crippen LogP contribution >= 0.6 is 0 Å². The Morgan fingerprint density at radius 1 is 1.44 bits per heavy atom. The average Bonchev–Trinajstić information content (AvgIpc) is 2.47. The maximum absolute atomic E-state index is 6.32. The van der Waals surface area contributed by atoms with Crippen LogP contribution in [-0.4, -0.2) is 55.0 Å². The number of hydrogen-bond acceptors (Lipinski definition) is 4. The van der Waals surface area contributed by atoms with Crippen LogP contribution in [0.3, 0.4) is 0 Å². The summed E-state index contributed by atoms with van der Waals surface area (Å²) in [6.45, 7) is 10.8. The van der Waals surface area contributed by atoms with E-state index in [-0.39, 0.29) is 17.2 Å². The molecule has 94 valence electrons. The van der Waals surface area contributed by atoms with Gasteiger partial charge in [0.1, 0.15) is 0 Å². The molecule has 2 aliphatic rings. The first-order valence-electron chi connectivity index (χ1n) is 6.15. The van der Waals surface area contributed by atoms with Crippen LogP contribution in [0, 0.1) is 0 Å². The monoisotopic (exact) mass is 228 g/mol. The van der Waals surface area contributed by atoms with Gasteiger partial charge in [-0.2, -0.15) is 0 Å². The summed E-state index contributed by atoms with van der Waals surface area (Å²) in [7, 11) is 0. The summed E-state index contributed by atoms with van der Waals surface area (Å²) >= 11 is 0. The SMILES string of the molecule is CC1CN(CC2(N)CCOC2)CC(C)(C)O1. The van der Waals surface area contributed by atoms with E-state index in [1.165, 1.54) is 0 Å². The summed E-state index contributed by atoms with van der Waals surface area (Å²) in [5.74, 6) is 0. The van der Waals surface area contributed by atoms with Gasteiger partial charge in [0.15, 0.2) is 0 Å². The van der Waals surface area contributed by atoms with Crippen molar-refractivity contribution in [3.05, 3.63) is 0 Å². The summed E-state index contributed by atoms with van der Waals surface area (Å²) in [6, 6.07) is 0. The molecule has 2 unspecified atom stereocenters. The molecule has 4 nitrogen and oxygen atoms in total. The molecular weight excluding hydrogens is 204 g/mol. The first-order valence-corrected chi connectivity index (χ1v) is 6.15. The van der Waals surface area contributed by atoms with Crippen molar-refractivity contribution >= 4 is 0 Å². The van der Waals surface area contributed by atoms with E-state index in [0.29, 0.717) is 6.61 Å². The van der Waals surface area contributed by atoms with Crippen LogP contribution in [0.25, 0.3) is 0 Å². The molecule has 2 fully saturated rings. The van der Waals surface area contributed by atoms with Crippen molar-refractivity contribution in [3.8, 4) is 0 Å². The standard InChI is InChI=1S/C12H24N2O2/c1-10-6-14(7-11(2,3)16-10)8-12(13)4-5-15-9-12/h10H,4-9,13H2,1-3H3. The second kappa shape index (κ2) is 4.26. The molecular formula is C12H24N2O2. The van der Waals surface area contributed by atoms with Gasteiger partial charge in [0.05, 0.1) is 23.9 Å². The van der Waals surface area contributed by atoms with E-state index >= 15 is 0 Å². The topological polar surface area (TPSA) is 47.7 Å². The Hall–Kier alpha value is -0.160. The zero-order valence-electron chi connectivity index (χ0n) is 10.7. The molecule has 0 amide bonds. The number of hydrogen-bond donors (Lipinski definition) is 1. The molecule has 2 N–H and O–H groups in total. The Morgan fingerprint density at radius 3 is 2.75 bits per heavy atom. The number of ether oxygens (including phenoxy) is 2. The molecule has 4 heteroatoms. The van der Waals surface area contributed by atoms with Crippen LogP contribution in [0.5, 0.6) is 0 Å². The van der Waals surface area contributed by atoms with Gasteiger partial charge in [0.2, 0.25) is 0 Å². The number of nitrogens with zero attached hydrogens (tertiary/aromatic N) is 1. The van der Waals surface area contributed by atoms with Crippen LogP contribution in [0.2, 0.25) is 0 Å². The molecule has 0 aromatic carbocycles. The smallest absolute Gasteiger partial charge is 0.0757 e. The van der Waals surface area contributed by atoms with E-state index < -0.39 is 0 Å². The second-order valence-electron chi connectivity index (χ2n) is 6.02. The molecule has 2 atom stereocenters. The predicted octanol–water partition coefficient (Wildman–Crippen LogP) is 0.604. The zero-order chi connectivity index (χ0) is 11.8. The highest BCUT2D eigenvalue weighted by molar-refractivity contribution is 4.94. The maximum atomic E-state index is 6.32. The van der Waals surface area contributed by atoms with Crippen LogP contribution in [0.4, 0.5) is 0 Å². The van der Waals surface area contributed by atoms with Gasteiger partial charge in [-0.05, 0) is 27.2 Å². The van der Waals surface area contributed by atoms with Gasteiger partial charge in [-0.25, -0.2) is 0 Å². The highest BCUT2D eigenvalue weighted by Crippen LogP contribution is 2.24. The third-order valence-corrected chi connectivity index (χ3v) is 3.31. The Morgan fingerprint density at radius 2 is 2.19 bits per heavy atom. The lowest BCUT2D eigenvalue weighted by atomic mass is 9.97. The van der Waals surface area contributed by atoms with Crippen molar-refractivity contribution in [2.45, 2.75) is 44.4 Å². The van der Waals surface area contributed by atoms with Gasteiger partial charge in [0, 0.05) is 26.2 Å². The van der Waals surface area contributed by atoms with Crippen molar-refractivity contribution in [2.24, 2.45) is 5.73 Å². The molecule has 16 heavy (non-hydrogen) atoms. The molecule has 0 aliphatic carbocycles. The Labute approximate surface area is 98.1 Å². The van der Waals surface area contributed by atoms with Crippen LogP contribution < -0.4 is 5.73 Å². The molecule has 2 aliphatic heterocycles. The average molecular weight is 228 g/mol. The fourth-order valence-corrected chi connectivity index (χ4v) is 2.90. The van der Waals surface area contributed by atoms with E-state index in [2.05, 4.69) is 25.7 Å². The lowest BCUT2D eigenvalue weighted by Crippen LogP contribution is -2.58. The van der Waals surface area contributed by atoms with E-state index in [9.17, 15) is 0 Å². The van der Waals surface area contributed by atoms with Crippen LogP contribution in [0.15, 0.2) is 0 Å². The minimum Gasteiger partial charge on any atom is -0.379 e. The third-order valence-electron chi connectivity index (χ3n) is 3.31. The molecule has 0 radical (unpaired) electrons. The van der Waals surface area contributed by atoms with Gasteiger partial charge in [-0.15, -0.1) is 0 Å². The highest BCUT2D eigenvalue weighted by atomic mass is 16.5. The van der Waals surface area contributed by atoms with Gasteiger partial charge in [0.25, 0.3) is 0 Å². The number of rotatable bonds is 2. The minimum absolute atomic E-state index is 0.0620. The molecule has 0 saturated carbocycles. The lowest BCUT2D eigenvalue weighted by Gasteiger charge is -2.44. The normalized spacial score (nSPS) is 40.1. The number of morpholine rings is 1. The molecule has 2 rings (SSSR count). The third kappa shape index (κ3) is 2.94. The fourth-order valence-electron chi connectivity index (χ4n) is 2.90. The van der Waals surface area contributed by atoms with Crippen molar-refractivity contribution in [2.75, 3.05) is 32.8 Å². The molecule has 2 saturated heterocycles. The largest absolute Gasteiger partial charge is 0.379 e. The lowest BCUT2D eigenvalue weighted by molar-refractivity contribution is -0.131. The molecule has 0 spiro atoms. The summed E-state index contributed by atoms with van der Waals surface area (Å²) < 4.78 is 11.3. The van der Waals surface area contributed by atoms with E-state index in [0.717, 1.165) is 32.7 Å². The summed E-state index contributed by atoms with van der Waals surface area (Å²) in [4.78, 5) is 2.42. The van der Waals surface area contributed by atoms with Gasteiger partial charge in [-0.3, -0.25) is 4.90 Å². The summed E-state index contributed by atoms with van der Waals surface area (Å²) in [5.41, 5.74) is 6.11. The van der Waals surface area contributed by atoms with Gasteiger partial charge >= 0.3 is 0 Å². The quantitative estimate of drug-likeness (QED) is 0.752. The van der Waals surface area contributed by atoms with Crippen molar-refractivity contribution < 1.29 is 9.47 Å². The maximum Gasteiger partial charge on any atom is 0.0757 e. The molecule has 0 aromatic heterocycles. The zero-order valence-corrected chi connectivity index (χ0v) is 10.7. The highest BCUT2D eigenvalue weighted by Gasteiger charge is 2.37. The van der Waals surface area contributed by atoms with Crippen molar-refractivity contribution in [1.29, 1.82) is 0 Å². The Kier molecular flexibility index (Phi) is 3.27. The van der Waals surface area contributed by atoms with Crippen LogP contribution in [-0.2, 0) is 9.47 Å². The first-order chi connectivity index (χ1) is 7.39. The van der Waals surface area contributed by atoms with E-state index in [1.807, 2.05) is 0 Å². The molecule has 0 aromatic rings. The number of nitrogens with two attached hydrogens (primary N) is 1. The Balaban J connectivity index is 1.94. The van der Waals surface area contributed by atoms with Gasteiger partial charge < -0.3 is 15.2 Å². The Bertz CT molecular complexity index is 249. The first kappa shape index (κ1) is 12.3. The van der Waals surface area contributed by atoms with Crippen molar-refractivity contribution in [1.82, 2.24) is 4.90 Å². The molecule has 0 bridgehead atoms.